The van der Waals surface area contributed by atoms with Gasteiger partial charge in [0.15, 0.2) is 17.7 Å². The number of nitrogens with two attached hydrogens (primary N) is 1. The topological polar surface area (TPSA) is 401 Å². The number of aliphatic carboxylic acids is 1. The van der Waals surface area contributed by atoms with Crippen LogP contribution in [0.4, 0.5) is 5.82 Å². The highest BCUT2D eigenvalue weighted by atomic mass is 31.3. The zero-order chi connectivity index (χ0) is 53.3. The second kappa shape index (κ2) is 24.5. The number of Topliss-reactive ketones (excluding diaryl/α,β-unsaturated/α-hetero) is 1. The van der Waals surface area contributed by atoms with Crippen LogP contribution >= 0.6 is 23.5 Å². The lowest BCUT2D eigenvalue weighted by Gasteiger charge is -2.30. The molecule has 72 heavy (non-hydrogen) atoms. The van der Waals surface area contributed by atoms with Gasteiger partial charge in [0.2, 0.25) is 11.8 Å². The summed E-state index contributed by atoms with van der Waals surface area (Å²) in [5.41, 5.74) is 6.42. The number of fused-ring (bicyclic) bond motifs is 1. The lowest BCUT2D eigenvalue weighted by Crippen LogP contribution is -2.46. The first-order valence-corrected chi connectivity index (χ1v) is 27.7. The number of phosphoric ester groups is 3. The van der Waals surface area contributed by atoms with Crippen LogP contribution in [0.5, 0.6) is 0 Å². The summed E-state index contributed by atoms with van der Waals surface area (Å²) in [7, 11) is -16.5. The number of nitrogens with one attached hydrogen (secondary N) is 2. The van der Waals surface area contributed by atoms with Gasteiger partial charge in [-0.1, -0.05) is 52.0 Å². The summed E-state index contributed by atoms with van der Waals surface area (Å²) in [6, 6.07) is 8.43. The molecule has 1 aromatic carbocycles. The maximum absolute atomic E-state index is 12.9. The minimum atomic E-state index is -5.60. The van der Waals surface area contributed by atoms with E-state index < -0.39 is 90.5 Å². The molecule has 11 N–H and O–H groups in total. The first-order chi connectivity index (χ1) is 33.5. The number of carboxylic acids is 1. The van der Waals surface area contributed by atoms with Gasteiger partial charge in [0.05, 0.1) is 26.0 Å². The Morgan fingerprint density at radius 3 is 2.25 bits per heavy atom. The van der Waals surface area contributed by atoms with E-state index in [2.05, 4.69) is 52.6 Å². The molecule has 26 nitrogen and oxygen atoms in total. The maximum atomic E-state index is 12.9. The van der Waals surface area contributed by atoms with Gasteiger partial charge in [0.1, 0.15) is 42.0 Å². The van der Waals surface area contributed by atoms with Crippen molar-refractivity contribution in [3.05, 3.63) is 48.0 Å². The number of amides is 2. The number of phosphoric acid groups is 3. The molecule has 7 unspecified atom stereocenters. The summed E-state index contributed by atoms with van der Waals surface area (Å²) >= 11 is 0. The fourth-order valence-corrected chi connectivity index (χ4v) is 11.2. The van der Waals surface area contributed by atoms with Crippen molar-refractivity contribution in [1.29, 1.82) is 0 Å². The van der Waals surface area contributed by atoms with Crippen LogP contribution in [-0.4, -0.2) is 129 Å². The lowest BCUT2D eigenvalue weighted by molar-refractivity contribution is -0.139. The van der Waals surface area contributed by atoms with Gasteiger partial charge in [-0.3, -0.25) is 37.3 Å². The fourth-order valence-electron chi connectivity index (χ4n) is 8.36. The molecule has 1 aliphatic carbocycles. The first kappa shape index (κ1) is 58.8. The average molecular weight is 1080 g/mol. The third-order valence-corrected chi connectivity index (χ3v) is 15.5. The van der Waals surface area contributed by atoms with Crippen molar-refractivity contribution < 1.29 is 90.4 Å². The highest BCUT2D eigenvalue weighted by molar-refractivity contribution is 7.61. The molecule has 0 spiro atoms. The van der Waals surface area contributed by atoms with Gasteiger partial charge in [0.25, 0.3) is 0 Å². The van der Waals surface area contributed by atoms with Crippen LogP contribution in [0.1, 0.15) is 109 Å². The molecule has 2 aromatic heterocycles. The van der Waals surface area contributed by atoms with E-state index >= 15 is 0 Å². The second-order valence-corrected chi connectivity index (χ2v) is 24.0. The molecule has 1 saturated heterocycles. The average Bonchev–Trinajstić information content (AvgIpc) is 3.76. The van der Waals surface area contributed by atoms with Crippen molar-refractivity contribution in [3.63, 3.8) is 0 Å². The van der Waals surface area contributed by atoms with E-state index in [-0.39, 0.29) is 65.9 Å². The van der Waals surface area contributed by atoms with Gasteiger partial charge < -0.3 is 56.0 Å². The molecule has 2 amide bonds. The summed E-state index contributed by atoms with van der Waals surface area (Å²) in [6.45, 7) is 4.29. The number of anilines is 1. The van der Waals surface area contributed by atoms with Crippen molar-refractivity contribution in [2.75, 3.05) is 32.0 Å². The Balaban J connectivity index is 0.975. The number of carboxylic acid groups (broad SMARTS) is 1. The number of nitrogen functional groups attached to an aromatic ring is 1. The molecule has 3 heterocycles. The molecule has 2 aliphatic rings. The molecule has 0 radical (unpaired) electrons. The predicted molar refractivity (Wildman–Crippen MR) is 254 cm³/mol. The van der Waals surface area contributed by atoms with Crippen LogP contribution in [-0.2, 0) is 68.3 Å². The number of nitrogens with zero attached hydrogens (tertiary/aromatic N) is 4. The van der Waals surface area contributed by atoms with E-state index in [1.807, 2.05) is 19.9 Å². The number of imidazole rings is 1. The van der Waals surface area contributed by atoms with E-state index in [0.29, 0.717) is 6.42 Å². The summed E-state index contributed by atoms with van der Waals surface area (Å²) in [5.74, 6) is -2.25. The van der Waals surface area contributed by atoms with E-state index in [1.54, 1.807) is 0 Å². The smallest absolute Gasteiger partial charge is 0.481 e. The number of hydrogen-bond acceptors (Lipinski definition) is 18. The number of ether oxygens (including phenoxy) is 1. The van der Waals surface area contributed by atoms with Gasteiger partial charge >= 0.3 is 29.4 Å². The van der Waals surface area contributed by atoms with Crippen molar-refractivity contribution in [2.24, 2.45) is 16.2 Å². The summed E-state index contributed by atoms with van der Waals surface area (Å²) in [4.78, 5) is 101. The maximum Gasteiger partial charge on any atom is 0.481 e. The SMILES string of the molecule is CC(C)(CCCc1cccc(CCCC2(CC(=O)CCNC(=O)CCNC(=O)C(O)C(C)(C)COP(=O)(O)OP(=O)(O)OCC3OC(n4cnc5c(N)ncnc54)C(O)C3OP(=O)(O)O)CC2)c1)CC(=O)O. The number of carbonyl (C=O) groups is 4. The van der Waals surface area contributed by atoms with Gasteiger partial charge in [-0.05, 0) is 73.3 Å². The molecule has 1 saturated carbocycles. The lowest BCUT2D eigenvalue weighted by atomic mass is 9.83. The highest BCUT2D eigenvalue weighted by Gasteiger charge is 2.50. The van der Waals surface area contributed by atoms with Gasteiger partial charge in [-0.15, -0.1) is 0 Å². The largest absolute Gasteiger partial charge is 0.481 e. The Labute approximate surface area is 415 Å². The zero-order valence-corrected chi connectivity index (χ0v) is 43.1. The molecule has 3 aromatic rings. The Bertz CT molecular complexity index is 2540. The molecular weight excluding hydrogens is 1010 g/mol. The van der Waals surface area contributed by atoms with Crippen molar-refractivity contribution in [1.82, 2.24) is 30.2 Å². The fraction of sp³-hybridized carbons (Fsp3) is 0.651. The number of aliphatic hydroxyl groups is 2. The third-order valence-electron chi connectivity index (χ3n) is 12.4. The van der Waals surface area contributed by atoms with E-state index in [9.17, 15) is 62.7 Å². The Morgan fingerprint density at radius 1 is 0.944 bits per heavy atom. The molecule has 1 aliphatic heterocycles. The summed E-state index contributed by atoms with van der Waals surface area (Å²) in [6.07, 6.45) is 0.950. The highest BCUT2D eigenvalue weighted by Crippen LogP contribution is 2.61. The number of aliphatic hydroxyl groups excluding tert-OH is 2. The molecule has 29 heteroatoms. The Kier molecular flexibility index (Phi) is 20.0. The molecule has 7 atom stereocenters. The van der Waals surface area contributed by atoms with Crippen molar-refractivity contribution in [3.8, 4) is 0 Å². The van der Waals surface area contributed by atoms with Crippen LogP contribution in [0.2, 0.25) is 0 Å². The molecule has 5 rings (SSSR count). The van der Waals surface area contributed by atoms with Gasteiger partial charge in [0, 0.05) is 37.8 Å². The quantitative estimate of drug-likeness (QED) is 0.0413. The third kappa shape index (κ3) is 18.1. The Morgan fingerprint density at radius 2 is 1.60 bits per heavy atom. The van der Waals surface area contributed by atoms with Crippen LogP contribution in [0.15, 0.2) is 36.9 Å². The number of benzene rings is 1. The van der Waals surface area contributed by atoms with Gasteiger partial charge in [-0.25, -0.2) is 28.6 Å². The van der Waals surface area contributed by atoms with E-state index in [0.717, 1.165) is 68.6 Å². The van der Waals surface area contributed by atoms with E-state index in [1.165, 1.54) is 25.0 Å². The number of rotatable bonds is 31. The standard InChI is InChI=1S/C43H66N7O19P3/c1-41(2,22-32(53)54)14-6-10-27-8-5-9-28(20-27)11-7-15-43(16-17-43)21-29(51)12-18-45-31(52)13-19-46-39(57)36(56)42(3,4)24-66-72(63,64)69-71(61,62)65-23-30-35(68-70(58,59)60)34(55)40(67-30)50-26-49-33-37(44)47-25-48-38(33)50/h5,8-9,20,25-26,30,34-36,40,55-56H,6-7,10-19,21-24H2,1-4H3,(H,45,52)(H,46,57)(H,53,54)(H,61,62)(H,63,64)(H2,44,47,48)(H2,58,59,60). The van der Waals surface area contributed by atoms with Gasteiger partial charge in [-0.2, -0.15) is 4.31 Å². The minimum Gasteiger partial charge on any atom is -0.481 e. The summed E-state index contributed by atoms with van der Waals surface area (Å²) < 4.78 is 62.6. The van der Waals surface area contributed by atoms with Crippen LogP contribution in [0, 0.1) is 16.2 Å². The van der Waals surface area contributed by atoms with Crippen LogP contribution in [0.3, 0.4) is 0 Å². The monoisotopic (exact) mass is 1080 g/mol. The zero-order valence-electron chi connectivity index (χ0n) is 40.4. The van der Waals surface area contributed by atoms with Crippen molar-refractivity contribution >= 4 is 64.0 Å². The second-order valence-electron chi connectivity index (χ2n) is 19.8. The number of hydrogen-bond donors (Lipinski definition) is 10. The number of carbonyl (C=O) groups excluding carboxylic acids is 3. The molecule has 0 bridgehead atoms. The minimum absolute atomic E-state index is 0.0245. The normalized spacial score (nSPS) is 21.1. The number of ketones is 1. The van der Waals surface area contributed by atoms with Crippen LogP contribution < -0.4 is 16.4 Å². The molecular formula is C43H66N7O19P3. The Hall–Kier alpha value is -4.10. The molecule has 2 fully saturated rings. The number of aromatic nitrogens is 4. The number of aryl methyl sites for hydroxylation is 2. The van der Waals surface area contributed by atoms with Crippen molar-refractivity contribution in [2.45, 2.75) is 135 Å². The van der Waals surface area contributed by atoms with Crippen LogP contribution in [0.25, 0.3) is 11.2 Å². The molecule has 402 valence electrons. The predicted octanol–water partition coefficient (Wildman–Crippen LogP) is 3.38. The first-order valence-electron chi connectivity index (χ1n) is 23.2. The summed E-state index contributed by atoms with van der Waals surface area (Å²) in [5, 5.41) is 35.8. The van der Waals surface area contributed by atoms with E-state index in [4.69, 9.17) is 24.6 Å².